The average molecular weight is 399 g/mol. The van der Waals surface area contributed by atoms with E-state index < -0.39 is 4.92 Å². The number of hydrogen-bond donors (Lipinski definition) is 0. The van der Waals surface area contributed by atoms with Gasteiger partial charge in [0.25, 0.3) is 5.69 Å². The molecule has 0 bridgehead atoms. The first-order valence-corrected chi connectivity index (χ1v) is 9.91. The molecule has 0 heterocycles. The predicted octanol–water partition coefficient (Wildman–Crippen LogP) is 5.91. The summed E-state index contributed by atoms with van der Waals surface area (Å²) in [5.41, 5.74) is 4.57. The van der Waals surface area contributed by atoms with Crippen LogP contribution in [0.3, 0.4) is 0 Å². The SMILES string of the molecule is O=C(Oc1cccc([N+](=O)[O-])c1)C1CCC(c2ccccc2)=C(c2ccccc2)C1. The van der Waals surface area contributed by atoms with E-state index in [4.69, 9.17) is 4.74 Å². The van der Waals surface area contributed by atoms with E-state index in [1.165, 1.54) is 29.3 Å². The molecule has 4 rings (SSSR count). The summed E-state index contributed by atoms with van der Waals surface area (Å²) in [6, 6.07) is 26.1. The summed E-state index contributed by atoms with van der Waals surface area (Å²) in [5.74, 6) is -0.448. The summed E-state index contributed by atoms with van der Waals surface area (Å²) >= 11 is 0. The average Bonchev–Trinajstić information content (AvgIpc) is 2.80. The molecular formula is C25H21NO4. The number of carbonyl (C=O) groups is 1. The van der Waals surface area contributed by atoms with Gasteiger partial charge in [-0.25, -0.2) is 0 Å². The number of benzene rings is 3. The molecule has 0 aliphatic heterocycles. The molecule has 30 heavy (non-hydrogen) atoms. The van der Waals surface area contributed by atoms with Crippen molar-refractivity contribution in [3.8, 4) is 5.75 Å². The molecule has 5 nitrogen and oxygen atoms in total. The standard InChI is InChI=1S/C25H21NO4/c27-25(30-22-13-7-12-21(17-22)26(28)29)20-14-15-23(18-8-3-1-4-9-18)24(16-20)19-10-5-2-6-11-19/h1-13,17,20H,14-16H2. The van der Waals surface area contributed by atoms with E-state index in [9.17, 15) is 14.9 Å². The lowest BCUT2D eigenvalue weighted by Gasteiger charge is -2.27. The molecule has 1 aliphatic rings. The monoisotopic (exact) mass is 399 g/mol. The lowest BCUT2D eigenvalue weighted by molar-refractivity contribution is -0.384. The lowest BCUT2D eigenvalue weighted by Crippen LogP contribution is -2.23. The van der Waals surface area contributed by atoms with Gasteiger partial charge >= 0.3 is 5.97 Å². The van der Waals surface area contributed by atoms with Crippen LogP contribution in [0.4, 0.5) is 5.69 Å². The Labute approximate surface area is 174 Å². The molecular weight excluding hydrogens is 378 g/mol. The van der Waals surface area contributed by atoms with Crippen molar-refractivity contribution in [2.75, 3.05) is 0 Å². The van der Waals surface area contributed by atoms with Gasteiger partial charge in [-0.05, 0) is 47.6 Å². The van der Waals surface area contributed by atoms with Crippen molar-refractivity contribution in [3.63, 3.8) is 0 Å². The maximum Gasteiger partial charge on any atom is 0.314 e. The Balaban J connectivity index is 1.60. The van der Waals surface area contributed by atoms with Gasteiger partial charge in [0.2, 0.25) is 0 Å². The van der Waals surface area contributed by atoms with Crippen LogP contribution in [0, 0.1) is 16.0 Å². The Hall–Kier alpha value is -3.73. The summed E-state index contributed by atoms with van der Waals surface area (Å²) in [4.78, 5) is 23.3. The largest absolute Gasteiger partial charge is 0.426 e. The van der Waals surface area contributed by atoms with E-state index >= 15 is 0 Å². The second-order valence-electron chi connectivity index (χ2n) is 7.30. The molecule has 3 aromatic rings. The summed E-state index contributed by atoms with van der Waals surface area (Å²) < 4.78 is 5.50. The highest BCUT2D eigenvalue weighted by molar-refractivity contribution is 5.94. The van der Waals surface area contributed by atoms with Crippen LogP contribution in [0.5, 0.6) is 5.75 Å². The highest BCUT2D eigenvalue weighted by Crippen LogP contribution is 2.41. The minimum Gasteiger partial charge on any atom is -0.426 e. The van der Waals surface area contributed by atoms with Crippen LogP contribution in [0.1, 0.15) is 30.4 Å². The second kappa shape index (κ2) is 8.74. The molecule has 0 amide bonds. The molecule has 0 fully saturated rings. The Morgan fingerprint density at radius 3 is 2.13 bits per heavy atom. The molecule has 0 aromatic heterocycles. The quantitative estimate of drug-likeness (QED) is 0.231. The number of ether oxygens (including phenoxy) is 1. The van der Waals surface area contributed by atoms with Crippen molar-refractivity contribution in [1.29, 1.82) is 0 Å². The van der Waals surface area contributed by atoms with Gasteiger partial charge in [0.15, 0.2) is 0 Å². The Kier molecular flexibility index (Phi) is 5.70. The Morgan fingerprint density at radius 1 is 0.867 bits per heavy atom. The van der Waals surface area contributed by atoms with Crippen LogP contribution in [-0.4, -0.2) is 10.9 Å². The fourth-order valence-corrected chi connectivity index (χ4v) is 3.89. The normalized spacial score (nSPS) is 16.2. The zero-order valence-electron chi connectivity index (χ0n) is 16.4. The molecule has 1 aliphatic carbocycles. The van der Waals surface area contributed by atoms with Gasteiger partial charge in [-0.2, -0.15) is 0 Å². The van der Waals surface area contributed by atoms with Crippen molar-refractivity contribution in [2.24, 2.45) is 5.92 Å². The van der Waals surface area contributed by atoms with E-state index in [0.717, 1.165) is 17.6 Å². The number of non-ortho nitro benzene ring substituents is 1. The molecule has 1 atom stereocenters. The number of nitro benzene ring substituents is 1. The molecule has 5 heteroatoms. The molecule has 0 saturated carbocycles. The van der Waals surface area contributed by atoms with E-state index in [1.54, 1.807) is 6.07 Å². The van der Waals surface area contributed by atoms with Crippen molar-refractivity contribution in [3.05, 3.63) is 106 Å². The maximum atomic E-state index is 12.9. The smallest absolute Gasteiger partial charge is 0.314 e. The van der Waals surface area contributed by atoms with Gasteiger partial charge < -0.3 is 4.74 Å². The minimum atomic E-state index is -0.500. The first-order valence-electron chi connectivity index (χ1n) is 9.91. The van der Waals surface area contributed by atoms with E-state index in [1.807, 2.05) is 36.4 Å². The zero-order valence-corrected chi connectivity index (χ0v) is 16.4. The van der Waals surface area contributed by atoms with Crippen molar-refractivity contribution in [1.82, 2.24) is 0 Å². The van der Waals surface area contributed by atoms with Crippen LogP contribution < -0.4 is 4.74 Å². The van der Waals surface area contributed by atoms with Gasteiger partial charge in [-0.3, -0.25) is 14.9 Å². The molecule has 0 saturated heterocycles. The number of nitro groups is 1. The second-order valence-corrected chi connectivity index (χ2v) is 7.30. The number of rotatable bonds is 5. The molecule has 0 N–H and O–H groups in total. The van der Waals surface area contributed by atoms with E-state index in [-0.39, 0.29) is 23.3 Å². The lowest BCUT2D eigenvalue weighted by atomic mass is 9.78. The number of allylic oxidation sites excluding steroid dienone is 2. The molecule has 0 radical (unpaired) electrons. The van der Waals surface area contributed by atoms with Gasteiger partial charge in [-0.15, -0.1) is 0 Å². The number of esters is 1. The summed E-state index contributed by atoms with van der Waals surface area (Å²) in [5, 5.41) is 11.0. The Morgan fingerprint density at radius 2 is 1.50 bits per heavy atom. The number of carbonyl (C=O) groups excluding carboxylic acids is 1. The van der Waals surface area contributed by atoms with E-state index in [0.29, 0.717) is 12.8 Å². The van der Waals surface area contributed by atoms with Crippen molar-refractivity contribution < 1.29 is 14.5 Å². The van der Waals surface area contributed by atoms with Gasteiger partial charge in [-0.1, -0.05) is 66.7 Å². The third-order valence-corrected chi connectivity index (χ3v) is 5.38. The molecule has 3 aromatic carbocycles. The van der Waals surface area contributed by atoms with E-state index in [2.05, 4.69) is 24.3 Å². The third kappa shape index (κ3) is 4.30. The highest BCUT2D eigenvalue weighted by Gasteiger charge is 2.29. The summed E-state index contributed by atoms with van der Waals surface area (Å²) in [7, 11) is 0. The van der Waals surface area contributed by atoms with Crippen molar-refractivity contribution in [2.45, 2.75) is 19.3 Å². The summed E-state index contributed by atoms with van der Waals surface area (Å²) in [6.07, 6.45) is 2.01. The van der Waals surface area contributed by atoms with Gasteiger partial charge in [0.1, 0.15) is 5.75 Å². The number of nitrogens with zero attached hydrogens (tertiary/aromatic N) is 1. The van der Waals surface area contributed by atoms with Gasteiger partial charge in [0, 0.05) is 6.07 Å². The summed E-state index contributed by atoms with van der Waals surface area (Å²) in [6.45, 7) is 0. The molecule has 150 valence electrons. The fraction of sp³-hybridized carbons (Fsp3) is 0.160. The van der Waals surface area contributed by atoms with Gasteiger partial charge in [0.05, 0.1) is 16.9 Å². The van der Waals surface area contributed by atoms with Crippen molar-refractivity contribution >= 4 is 22.8 Å². The zero-order chi connectivity index (χ0) is 20.9. The Bertz CT molecular complexity index is 1090. The number of hydrogen-bond acceptors (Lipinski definition) is 4. The fourth-order valence-electron chi connectivity index (χ4n) is 3.89. The molecule has 0 spiro atoms. The first-order chi connectivity index (χ1) is 14.6. The van der Waals surface area contributed by atoms with Crippen LogP contribution in [-0.2, 0) is 4.79 Å². The topological polar surface area (TPSA) is 69.4 Å². The third-order valence-electron chi connectivity index (χ3n) is 5.38. The highest BCUT2D eigenvalue weighted by atomic mass is 16.6. The van der Waals surface area contributed by atoms with Crippen LogP contribution in [0.25, 0.3) is 11.1 Å². The maximum absolute atomic E-state index is 12.9. The predicted molar refractivity (Wildman–Crippen MR) is 116 cm³/mol. The minimum absolute atomic E-state index is 0.0971. The van der Waals surface area contributed by atoms with Crippen LogP contribution >= 0.6 is 0 Å². The van der Waals surface area contributed by atoms with Crippen LogP contribution in [0.15, 0.2) is 84.9 Å². The van der Waals surface area contributed by atoms with Crippen LogP contribution in [0.2, 0.25) is 0 Å². The first kappa shape index (κ1) is 19.6. The molecule has 1 unspecified atom stereocenters.